The highest BCUT2D eigenvalue weighted by atomic mass is 14.6. The number of rotatable bonds is 11. The third-order valence-electron chi connectivity index (χ3n) is 9.72. The van der Waals surface area contributed by atoms with Gasteiger partial charge in [0.25, 0.3) is 0 Å². The maximum Gasteiger partial charge on any atom is -0.00907 e. The molecule has 2 fully saturated rings. The van der Waals surface area contributed by atoms with Gasteiger partial charge in [-0.15, -0.1) is 0 Å². The van der Waals surface area contributed by atoms with Crippen molar-refractivity contribution in [3.8, 4) is 0 Å². The predicted molar refractivity (Wildman–Crippen MR) is 131 cm³/mol. The zero-order valence-electron chi connectivity index (χ0n) is 21.4. The summed E-state index contributed by atoms with van der Waals surface area (Å²) in [6.45, 7) is 24.1. The van der Waals surface area contributed by atoms with E-state index in [1.807, 2.05) is 0 Å². The molecule has 0 N–H and O–H groups in total. The molecule has 170 valence electrons. The third-order valence-corrected chi connectivity index (χ3v) is 9.72. The molecule has 6 unspecified atom stereocenters. The van der Waals surface area contributed by atoms with Crippen molar-refractivity contribution in [2.75, 3.05) is 0 Å². The van der Waals surface area contributed by atoms with Crippen molar-refractivity contribution in [2.24, 2.45) is 46.3 Å². The molecular weight excluding hydrogens is 348 g/mol. The lowest BCUT2D eigenvalue weighted by atomic mass is 9.50. The van der Waals surface area contributed by atoms with Crippen LogP contribution in [-0.4, -0.2) is 0 Å². The maximum absolute atomic E-state index is 4.53. The van der Waals surface area contributed by atoms with Gasteiger partial charge in [-0.3, -0.25) is 0 Å². The molecule has 2 aliphatic rings. The molecule has 0 aromatic heterocycles. The van der Waals surface area contributed by atoms with Crippen molar-refractivity contribution < 1.29 is 0 Å². The van der Waals surface area contributed by atoms with Gasteiger partial charge in [0.05, 0.1) is 0 Å². The Morgan fingerprint density at radius 1 is 1.03 bits per heavy atom. The molecule has 0 heterocycles. The zero-order chi connectivity index (χ0) is 21.8. The van der Waals surface area contributed by atoms with Crippen molar-refractivity contribution in [3.05, 3.63) is 12.2 Å². The standard InChI is InChI=1S/C29H54/c1-10-25-26-16-15-24(14-12-11-13-21(2)3)29(26,9)20-18-27(25)28(8,23(6)7)19-17-22(4)5/h21-22,24-27H,6,10-20H2,1-5,7-9H3. The van der Waals surface area contributed by atoms with E-state index < -0.39 is 0 Å². The molecule has 0 aromatic rings. The van der Waals surface area contributed by atoms with E-state index in [-0.39, 0.29) is 0 Å². The van der Waals surface area contributed by atoms with Gasteiger partial charge in [-0.2, -0.15) is 0 Å². The van der Waals surface area contributed by atoms with E-state index in [4.69, 9.17) is 0 Å². The minimum Gasteiger partial charge on any atom is -0.0996 e. The Balaban J connectivity index is 2.12. The average Bonchev–Trinajstić information content (AvgIpc) is 2.98. The monoisotopic (exact) mass is 402 g/mol. The van der Waals surface area contributed by atoms with Crippen molar-refractivity contribution in [3.63, 3.8) is 0 Å². The van der Waals surface area contributed by atoms with Crippen LogP contribution in [0.3, 0.4) is 0 Å². The van der Waals surface area contributed by atoms with Gasteiger partial charge < -0.3 is 0 Å². The summed E-state index contributed by atoms with van der Waals surface area (Å²) >= 11 is 0. The number of allylic oxidation sites excluding steroid dienone is 1. The average molecular weight is 403 g/mol. The Morgan fingerprint density at radius 2 is 1.69 bits per heavy atom. The fourth-order valence-electron chi connectivity index (χ4n) is 7.48. The molecule has 0 aromatic carbocycles. The van der Waals surface area contributed by atoms with E-state index in [1.165, 1.54) is 76.2 Å². The van der Waals surface area contributed by atoms with Gasteiger partial charge in [0.2, 0.25) is 0 Å². The summed E-state index contributed by atoms with van der Waals surface area (Å²) in [7, 11) is 0. The van der Waals surface area contributed by atoms with Crippen LogP contribution in [0.15, 0.2) is 12.2 Å². The van der Waals surface area contributed by atoms with Gasteiger partial charge >= 0.3 is 0 Å². The van der Waals surface area contributed by atoms with Crippen molar-refractivity contribution in [1.82, 2.24) is 0 Å². The highest BCUT2D eigenvalue weighted by Crippen LogP contribution is 2.64. The lowest BCUT2D eigenvalue weighted by molar-refractivity contribution is -0.0350. The number of hydrogen-bond acceptors (Lipinski definition) is 0. The van der Waals surface area contributed by atoms with Crippen LogP contribution in [0.25, 0.3) is 0 Å². The third kappa shape index (κ3) is 5.51. The molecule has 2 aliphatic carbocycles. The molecule has 29 heavy (non-hydrogen) atoms. The van der Waals surface area contributed by atoms with Crippen LogP contribution in [0.1, 0.15) is 126 Å². The quantitative estimate of drug-likeness (QED) is 0.238. The highest BCUT2D eigenvalue weighted by Gasteiger charge is 2.55. The summed E-state index contributed by atoms with van der Waals surface area (Å²) in [5.74, 6) is 5.36. The Hall–Kier alpha value is -0.260. The molecule has 0 amide bonds. The number of unbranched alkanes of at least 4 members (excludes halogenated alkanes) is 1. The first-order chi connectivity index (χ1) is 13.6. The second-order valence-corrected chi connectivity index (χ2v) is 12.4. The lowest BCUT2D eigenvalue weighted by Gasteiger charge is -2.54. The summed E-state index contributed by atoms with van der Waals surface area (Å²) < 4.78 is 0. The SMILES string of the molecule is C=C(C)C(C)(CCC(C)C)C1CCC2(C)C(CCCCC(C)C)CCC2C1CC. The summed E-state index contributed by atoms with van der Waals surface area (Å²) in [5.41, 5.74) is 2.40. The van der Waals surface area contributed by atoms with Gasteiger partial charge in [0.15, 0.2) is 0 Å². The molecule has 0 saturated heterocycles. The minimum atomic E-state index is 0.335. The van der Waals surface area contributed by atoms with Crippen molar-refractivity contribution in [2.45, 2.75) is 126 Å². The summed E-state index contributed by atoms with van der Waals surface area (Å²) in [5, 5.41) is 0. The number of fused-ring (bicyclic) bond motifs is 1. The Morgan fingerprint density at radius 3 is 2.24 bits per heavy atom. The maximum atomic E-state index is 4.53. The van der Waals surface area contributed by atoms with Gasteiger partial charge in [0.1, 0.15) is 0 Å². The van der Waals surface area contributed by atoms with Gasteiger partial charge in [0, 0.05) is 0 Å². The first-order valence-electron chi connectivity index (χ1n) is 13.2. The first-order valence-corrected chi connectivity index (χ1v) is 13.2. The fraction of sp³-hybridized carbons (Fsp3) is 0.931. The summed E-state index contributed by atoms with van der Waals surface area (Å²) in [6.07, 6.45) is 15.8. The molecule has 0 radical (unpaired) electrons. The van der Waals surface area contributed by atoms with Crippen LogP contribution in [-0.2, 0) is 0 Å². The summed E-state index contributed by atoms with van der Waals surface area (Å²) in [6, 6.07) is 0. The van der Waals surface area contributed by atoms with E-state index >= 15 is 0 Å². The molecule has 2 rings (SSSR count). The summed E-state index contributed by atoms with van der Waals surface area (Å²) in [4.78, 5) is 0. The van der Waals surface area contributed by atoms with Crippen LogP contribution in [0, 0.1) is 46.3 Å². The van der Waals surface area contributed by atoms with Crippen LogP contribution in [0.5, 0.6) is 0 Å². The van der Waals surface area contributed by atoms with Gasteiger partial charge in [-0.1, -0.05) is 92.7 Å². The highest BCUT2D eigenvalue weighted by molar-refractivity contribution is 5.13. The van der Waals surface area contributed by atoms with Crippen LogP contribution in [0.2, 0.25) is 0 Å². The molecule has 0 heteroatoms. The predicted octanol–water partition coefficient (Wildman–Crippen LogP) is 9.69. The van der Waals surface area contributed by atoms with Crippen molar-refractivity contribution >= 4 is 0 Å². The molecule has 0 spiro atoms. The fourth-order valence-corrected chi connectivity index (χ4v) is 7.48. The first kappa shape index (κ1) is 25.0. The second kappa shape index (κ2) is 10.4. The van der Waals surface area contributed by atoms with E-state index in [2.05, 4.69) is 62.0 Å². The minimum absolute atomic E-state index is 0.335. The molecule has 0 aliphatic heterocycles. The van der Waals surface area contributed by atoms with E-state index in [0.717, 1.165) is 35.5 Å². The van der Waals surface area contributed by atoms with Crippen LogP contribution in [0.4, 0.5) is 0 Å². The van der Waals surface area contributed by atoms with E-state index in [1.54, 1.807) is 0 Å². The van der Waals surface area contributed by atoms with Gasteiger partial charge in [-0.05, 0) is 91.8 Å². The van der Waals surface area contributed by atoms with E-state index in [9.17, 15) is 0 Å². The largest absolute Gasteiger partial charge is 0.0996 e. The second-order valence-electron chi connectivity index (χ2n) is 12.4. The van der Waals surface area contributed by atoms with Gasteiger partial charge in [-0.25, -0.2) is 0 Å². The van der Waals surface area contributed by atoms with Crippen LogP contribution >= 0.6 is 0 Å². The Bertz CT molecular complexity index is 514. The zero-order valence-corrected chi connectivity index (χ0v) is 21.4. The molecule has 0 bridgehead atoms. The molecule has 0 nitrogen and oxygen atoms in total. The Kier molecular flexibility index (Phi) is 8.94. The smallest absolute Gasteiger partial charge is 0.00907 e. The normalized spacial score (nSPS) is 34.4. The lowest BCUT2D eigenvalue weighted by Crippen LogP contribution is -2.46. The van der Waals surface area contributed by atoms with Crippen molar-refractivity contribution in [1.29, 1.82) is 0 Å². The molecular formula is C29H54. The number of hydrogen-bond donors (Lipinski definition) is 0. The van der Waals surface area contributed by atoms with Crippen LogP contribution < -0.4 is 0 Å². The topological polar surface area (TPSA) is 0 Å². The Labute approximate surface area is 184 Å². The molecule has 2 saturated carbocycles. The molecule has 6 atom stereocenters. The van der Waals surface area contributed by atoms with E-state index in [0.29, 0.717) is 10.8 Å².